The summed E-state index contributed by atoms with van der Waals surface area (Å²) in [6.07, 6.45) is 0.983. The smallest absolute Gasteiger partial charge is 0.109 e. The SMILES string of the molecule is CCc1nc2cc(P)c(C)cc2n1C. The van der Waals surface area contributed by atoms with E-state index < -0.39 is 0 Å². The highest BCUT2D eigenvalue weighted by Gasteiger charge is 2.06. The van der Waals surface area contributed by atoms with Gasteiger partial charge in [0.25, 0.3) is 0 Å². The molecule has 1 unspecified atom stereocenters. The molecule has 0 saturated carbocycles. The number of fused-ring (bicyclic) bond motifs is 1. The van der Waals surface area contributed by atoms with Crippen molar-refractivity contribution in [2.75, 3.05) is 0 Å². The highest BCUT2D eigenvalue weighted by molar-refractivity contribution is 7.27. The zero-order chi connectivity index (χ0) is 10.3. The van der Waals surface area contributed by atoms with Crippen LogP contribution in [0, 0.1) is 6.92 Å². The lowest BCUT2D eigenvalue weighted by molar-refractivity contribution is 0.829. The molecule has 2 rings (SSSR count). The quantitative estimate of drug-likeness (QED) is 0.652. The van der Waals surface area contributed by atoms with Gasteiger partial charge in [-0.25, -0.2) is 4.98 Å². The second kappa shape index (κ2) is 3.36. The van der Waals surface area contributed by atoms with Gasteiger partial charge in [0.1, 0.15) is 5.82 Å². The number of hydrogen-bond donors (Lipinski definition) is 0. The fourth-order valence-electron chi connectivity index (χ4n) is 1.72. The molecule has 3 heteroatoms. The Morgan fingerprint density at radius 1 is 1.43 bits per heavy atom. The lowest BCUT2D eigenvalue weighted by Gasteiger charge is -2.01. The van der Waals surface area contributed by atoms with Crippen LogP contribution in [0.25, 0.3) is 11.0 Å². The number of aryl methyl sites for hydroxylation is 3. The molecule has 0 bridgehead atoms. The van der Waals surface area contributed by atoms with Crippen molar-refractivity contribution in [3.05, 3.63) is 23.5 Å². The largest absolute Gasteiger partial charge is 0.331 e. The van der Waals surface area contributed by atoms with Crippen LogP contribution in [0.15, 0.2) is 12.1 Å². The second-order valence-electron chi connectivity index (χ2n) is 3.64. The van der Waals surface area contributed by atoms with Crippen LogP contribution in [0.1, 0.15) is 18.3 Å². The van der Waals surface area contributed by atoms with Gasteiger partial charge in [0.05, 0.1) is 11.0 Å². The van der Waals surface area contributed by atoms with Crippen molar-refractivity contribution in [3.63, 3.8) is 0 Å². The topological polar surface area (TPSA) is 17.8 Å². The molecule has 1 heterocycles. The van der Waals surface area contributed by atoms with Crippen LogP contribution in [0.3, 0.4) is 0 Å². The molecule has 74 valence electrons. The van der Waals surface area contributed by atoms with E-state index in [0.717, 1.165) is 17.8 Å². The molecule has 2 nitrogen and oxygen atoms in total. The maximum absolute atomic E-state index is 4.58. The number of imidazole rings is 1. The number of nitrogens with zero attached hydrogens (tertiary/aromatic N) is 2. The third-order valence-corrected chi connectivity index (χ3v) is 3.30. The van der Waals surface area contributed by atoms with Gasteiger partial charge in [-0.05, 0) is 29.9 Å². The highest BCUT2D eigenvalue weighted by Crippen LogP contribution is 2.16. The van der Waals surface area contributed by atoms with Crippen LogP contribution < -0.4 is 5.30 Å². The minimum Gasteiger partial charge on any atom is -0.331 e. The summed E-state index contributed by atoms with van der Waals surface area (Å²) in [6.45, 7) is 4.26. The summed E-state index contributed by atoms with van der Waals surface area (Å²) in [4.78, 5) is 4.58. The Morgan fingerprint density at radius 3 is 2.79 bits per heavy atom. The average Bonchev–Trinajstić information content (AvgIpc) is 2.45. The molecule has 0 amide bonds. The van der Waals surface area contributed by atoms with Gasteiger partial charge in [0.2, 0.25) is 0 Å². The normalized spacial score (nSPS) is 11.1. The molecule has 0 aliphatic carbocycles. The maximum Gasteiger partial charge on any atom is 0.109 e. The summed E-state index contributed by atoms with van der Waals surface area (Å²) in [5, 5.41) is 1.23. The third kappa shape index (κ3) is 1.34. The molecule has 2 aromatic rings. The molecule has 0 aliphatic heterocycles. The van der Waals surface area contributed by atoms with Crippen molar-refractivity contribution in [2.45, 2.75) is 20.3 Å². The van der Waals surface area contributed by atoms with Crippen molar-refractivity contribution in [2.24, 2.45) is 7.05 Å². The Balaban J connectivity index is 2.80. The van der Waals surface area contributed by atoms with Crippen molar-refractivity contribution in [1.29, 1.82) is 0 Å². The lowest BCUT2D eigenvalue weighted by atomic mass is 10.2. The summed E-state index contributed by atoms with van der Waals surface area (Å²) >= 11 is 0. The first-order valence-corrected chi connectivity index (χ1v) is 5.42. The summed E-state index contributed by atoms with van der Waals surface area (Å²) < 4.78 is 2.17. The van der Waals surface area contributed by atoms with E-state index >= 15 is 0 Å². The zero-order valence-electron chi connectivity index (χ0n) is 8.83. The molecule has 0 saturated heterocycles. The van der Waals surface area contributed by atoms with E-state index in [0.29, 0.717) is 0 Å². The molecule has 0 spiro atoms. The highest BCUT2D eigenvalue weighted by atomic mass is 31.0. The first-order chi connectivity index (χ1) is 6.63. The van der Waals surface area contributed by atoms with E-state index in [2.05, 4.69) is 51.8 Å². The zero-order valence-corrected chi connectivity index (χ0v) is 9.99. The van der Waals surface area contributed by atoms with E-state index in [1.807, 2.05) is 0 Å². The summed E-state index contributed by atoms with van der Waals surface area (Å²) in [6, 6.07) is 4.33. The summed E-state index contributed by atoms with van der Waals surface area (Å²) in [5.41, 5.74) is 3.62. The number of hydrogen-bond acceptors (Lipinski definition) is 1. The van der Waals surface area contributed by atoms with E-state index in [9.17, 15) is 0 Å². The van der Waals surface area contributed by atoms with E-state index in [1.165, 1.54) is 16.4 Å². The molecule has 1 aromatic carbocycles. The second-order valence-corrected chi connectivity index (χ2v) is 4.26. The fourth-order valence-corrected chi connectivity index (χ4v) is 1.97. The lowest BCUT2D eigenvalue weighted by Crippen LogP contribution is -1.98. The average molecular weight is 206 g/mol. The van der Waals surface area contributed by atoms with Gasteiger partial charge in [0.15, 0.2) is 0 Å². The molecule has 0 aliphatic rings. The standard InChI is InChI=1S/C11H15N2P/c1-4-11-12-8-6-10(14)7(2)5-9(8)13(11)3/h5-6H,4,14H2,1-3H3. The summed E-state index contributed by atoms with van der Waals surface area (Å²) in [5.74, 6) is 1.15. The molecule has 0 radical (unpaired) electrons. The van der Waals surface area contributed by atoms with Crippen molar-refractivity contribution in [3.8, 4) is 0 Å². The molecule has 1 atom stereocenters. The Hall–Kier alpha value is -0.880. The molecule has 14 heavy (non-hydrogen) atoms. The van der Waals surface area contributed by atoms with Crippen LogP contribution in [0.2, 0.25) is 0 Å². The van der Waals surface area contributed by atoms with E-state index in [-0.39, 0.29) is 0 Å². The molecular weight excluding hydrogens is 191 g/mol. The molecular formula is C11H15N2P. The Labute approximate surface area is 86.5 Å². The van der Waals surface area contributed by atoms with Crippen LogP contribution in [0.4, 0.5) is 0 Å². The molecule has 0 N–H and O–H groups in total. The van der Waals surface area contributed by atoms with Gasteiger partial charge in [-0.1, -0.05) is 6.92 Å². The first-order valence-electron chi connectivity index (χ1n) is 4.85. The predicted molar refractivity (Wildman–Crippen MR) is 64.2 cm³/mol. The molecule has 1 aromatic heterocycles. The van der Waals surface area contributed by atoms with Crippen LogP contribution in [-0.2, 0) is 13.5 Å². The van der Waals surface area contributed by atoms with Crippen molar-refractivity contribution < 1.29 is 0 Å². The van der Waals surface area contributed by atoms with Gasteiger partial charge in [0, 0.05) is 13.5 Å². The number of aromatic nitrogens is 2. The van der Waals surface area contributed by atoms with E-state index in [4.69, 9.17) is 0 Å². The monoisotopic (exact) mass is 206 g/mol. The van der Waals surface area contributed by atoms with E-state index in [1.54, 1.807) is 0 Å². The van der Waals surface area contributed by atoms with Crippen molar-refractivity contribution >= 4 is 25.6 Å². The van der Waals surface area contributed by atoms with Crippen LogP contribution in [-0.4, -0.2) is 9.55 Å². The Kier molecular flexibility index (Phi) is 2.32. The summed E-state index contributed by atoms with van der Waals surface area (Å²) in [7, 11) is 4.83. The van der Waals surface area contributed by atoms with Gasteiger partial charge in [-0.3, -0.25) is 0 Å². The molecule has 0 fully saturated rings. The fraction of sp³-hybridized carbons (Fsp3) is 0.364. The van der Waals surface area contributed by atoms with Gasteiger partial charge in [-0.2, -0.15) is 0 Å². The third-order valence-electron chi connectivity index (χ3n) is 2.68. The number of benzene rings is 1. The minimum absolute atomic E-state index is 0.983. The minimum atomic E-state index is 0.983. The first kappa shape index (κ1) is 9.67. The van der Waals surface area contributed by atoms with Crippen molar-refractivity contribution in [1.82, 2.24) is 9.55 Å². The predicted octanol–water partition coefficient (Wildman–Crippen LogP) is 1.94. The Bertz CT molecular complexity index is 485. The van der Waals surface area contributed by atoms with Crippen LogP contribution >= 0.6 is 9.24 Å². The number of rotatable bonds is 1. The van der Waals surface area contributed by atoms with Crippen LogP contribution in [0.5, 0.6) is 0 Å². The maximum atomic E-state index is 4.58. The van der Waals surface area contributed by atoms with Gasteiger partial charge in [-0.15, -0.1) is 9.24 Å². The van der Waals surface area contributed by atoms with Gasteiger partial charge >= 0.3 is 0 Å². The van der Waals surface area contributed by atoms with Gasteiger partial charge < -0.3 is 4.57 Å². The Morgan fingerprint density at radius 2 is 2.14 bits per heavy atom.